The van der Waals surface area contributed by atoms with Crippen molar-refractivity contribution in [2.45, 2.75) is 51.6 Å². The van der Waals surface area contributed by atoms with Crippen molar-refractivity contribution in [3.63, 3.8) is 0 Å². The Labute approximate surface area is 439 Å². The fourth-order valence-corrected chi connectivity index (χ4v) is 9.43. The van der Waals surface area contributed by atoms with Gasteiger partial charge in [-0.05, 0) is 161 Å². The maximum absolute atomic E-state index is 13.7. The summed E-state index contributed by atoms with van der Waals surface area (Å²) in [6.07, 6.45) is 8.56. The lowest BCUT2D eigenvalue weighted by Gasteiger charge is -2.37. The minimum absolute atomic E-state index is 0. The Balaban J connectivity index is 0.000000219. The molecular formula is C56H68BrCl3F2N6O2. The molecule has 4 aromatic carbocycles. The van der Waals surface area contributed by atoms with Gasteiger partial charge in [0, 0.05) is 47.4 Å². The molecule has 8 rings (SSSR count). The van der Waals surface area contributed by atoms with Gasteiger partial charge in [0.2, 0.25) is 0 Å². The second kappa shape index (κ2) is 31.3. The molecule has 2 aliphatic heterocycles. The van der Waals surface area contributed by atoms with Crippen molar-refractivity contribution in [3.05, 3.63) is 190 Å². The summed E-state index contributed by atoms with van der Waals surface area (Å²) in [5, 5.41) is 5.69. The van der Waals surface area contributed by atoms with E-state index >= 15 is 0 Å². The van der Waals surface area contributed by atoms with Crippen LogP contribution >= 0.6 is 51.5 Å². The van der Waals surface area contributed by atoms with Gasteiger partial charge in [0.25, 0.3) is 0 Å². The van der Waals surface area contributed by atoms with Gasteiger partial charge in [0.05, 0.1) is 30.1 Å². The molecule has 0 bridgehead atoms. The zero-order valence-corrected chi connectivity index (χ0v) is 44.2. The van der Waals surface area contributed by atoms with Crippen LogP contribution in [0.4, 0.5) is 8.78 Å². The number of nitrogens with one attached hydrogen (secondary N) is 1. The lowest BCUT2D eigenvalue weighted by atomic mass is 9.93. The van der Waals surface area contributed by atoms with Crippen molar-refractivity contribution < 1.29 is 18.3 Å². The second-order valence-electron chi connectivity index (χ2n) is 17.3. The van der Waals surface area contributed by atoms with E-state index < -0.39 is 0 Å². The predicted octanol–water partition coefficient (Wildman–Crippen LogP) is 13.2. The summed E-state index contributed by atoms with van der Waals surface area (Å²) in [5.41, 5.74) is 4.64. The highest BCUT2D eigenvalue weighted by molar-refractivity contribution is 9.09. The Morgan fingerprint density at radius 3 is 1.46 bits per heavy atom. The van der Waals surface area contributed by atoms with Gasteiger partial charge in [0.15, 0.2) is 23.1 Å². The molecule has 14 heteroatoms. The van der Waals surface area contributed by atoms with Crippen LogP contribution in [0.15, 0.2) is 146 Å². The van der Waals surface area contributed by atoms with Crippen LogP contribution in [0.25, 0.3) is 0 Å². The maximum atomic E-state index is 13.7. The van der Waals surface area contributed by atoms with E-state index in [1.165, 1.54) is 36.1 Å². The van der Waals surface area contributed by atoms with Gasteiger partial charge in [-0.1, -0.05) is 114 Å². The quantitative estimate of drug-likeness (QED) is 0.0805. The van der Waals surface area contributed by atoms with Gasteiger partial charge >= 0.3 is 0 Å². The molecule has 0 amide bonds. The molecule has 0 spiro atoms. The van der Waals surface area contributed by atoms with Gasteiger partial charge in [-0.25, -0.2) is 8.78 Å². The molecule has 1 N–H and O–H groups in total. The van der Waals surface area contributed by atoms with Crippen molar-refractivity contribution in [1.82, 2.24) is 30.0 Å². The number of nitrogens with zero attached hydrogens (tertiary/aromatic N) is 5. The Morgan fingerprint density at radius 1 is 0.614 bits per heavy atom. The number of likely N-dealkylation sites (tertiary alicyclic amines) is 1. The van der Waals surface area contributed by atoms with Crippen molar-refractivity contribution >= 4 is 51.5 Å². The molecule has 2 aliphatic rings. The molecule has 2 unspecified atom stereocenters. The van der Waals surface area contributed by atoms with Crippen LogP contribution in [0.5, 0.6) is 11.5 Å². The molecule has 0 radical (unpaired) electrons. The SMILES string of the molecule is CCN(CC1CCN(CCOc2ccccc2F)CC1)C(c1ccc(Cl)cc1)c1ccccn1.CCN(CC1CCNCC1)C(c1ccc(Cl)cc1)c1ccccn1.Cl.Fc1ccccc1OCCBr. The largest absolute Gasteiger partial charge is 0.490 e. The van der Waals surface area contributed by atoms with Crippen molar-refractivity contribution in [2.75, 3.05) is 77.4 Å². The highest BCUT2D eigenvalue weighted by atomic mass is 79.9. The summed E-state index contributed by atoms with van der Waals surface area (Å²) < 4.78 is 37.2. The average Bonchev–Trinajstić information content (AvgIpc) is 3.39. The topological polar surface area (TPSA) is 66.0 Å². The number of ether oxygens (including phenoxy) is 2. The number of aromatic nitrogens is 2. The Kier molecular flexibility index (Phi) is 25.4. The van der Waals surface area contributed by atoms with Gasteiger partial charge in [-0.2, -0.15) is 0 Å². The number of alkyl halides is 1. The average molecular weight is 1080 g/mol. The Morgan fingerprint density at radius 2 is 1.04 bits per heavy atom. The molecule has 2 atom stereocenters. The smallest absolute Gasteiger partial charge is 0.165 e. The van der Waals surface area contributed by atoms with Crippen molar-refractivity contribution in [2.24, 2.45) is 11.8 Å². The molecule has 70 heavy (non-hydrogen) atoms. The highest BCUT2D eigenvalue weighted by Gasteiger charge is 2.28. The third-order valence-electron chi connectivity index (χ3n) is 12.7. The maximum Gasteiger partial charge on any atom is 0.165 e. The molecule has 2 fully saturated rings. The van der Waals surface area contributed by atoms with E-state index in [1.807, 2.05) is 48.8 Å². The molecule has 6 aromatic rings. The van der Waals surface area contributed by atoms with Crippen LogP contribution in [0.3, 0.4) is 0 Å². The van der Waals surface area contributed by atoms with E-state index in [9.17, 15) is 8.78 Å². The summed E-state index contributed by atoms with van der Waals surface area (Å²) in [4.78, 5) is 16.9. The highest BCUT2D eigenvalue weighted by Crippen LogP contribution is 2.32. The zero-order valence-electron chi connectivity index (χ0n) is 40.3. The van der Waals surface area contributed by atoms with Gasteiger partial charge < -0.3 is 14.8 Å². The Bertz CT molecular complexity index is 2330. The van der Waals surface area contributed by atoms with E-state index in [-0.39, 0.29) is 36.1 Å². The molecule has 0 saturated carbocycles. The summed E-state index contributed by atoms with van der Waals surface area (Å²) in [6.45, 7) is 14.7. The number of hydrogen-bond acceptors (Lipinski definition) is 8. The molecule has 4 heterocycles. The van der Waals surface area contributed by atoms with Gasteiger partial charge in [-0.15, -0.1) is 12.4 Å². The number of pyridine rings is 2. The molecule has 0 aliphatic carbocycles. The monoisotopic (exact) mass is 1080 g/mol. The van der Waals surface area contributed by atoms with Crippen molar-refractivity contribution in [1.29, 1.82) is 0 Å². The first-order valence-corrected chi connectivity index (χ1v) is 26.2. The fraction of sp³-hybridized carbons (Fsp3) is 0.393. The van der Waals surface area contributed by atoms with E-state index in [0.29, 0.717) is 36.0 Å². The van der Waals surface area contributed by atoms with Crippen LogP contribution in [-0.2, 0) is 0 Å². The van der Waals surface area contributed by atoms with Crippen LogP contribution in [0.1, 0.15) is 74.1 Å². The first kappa shape index (κ1) is 56.7. The van der Waals surface area contributed by atoms with Crippen LogP contribution in [-0.4, -0.2) is 102 Å². The first-order valence-electron chi connectivity index (χ1n) is 24.3. The van der Waals surface area contributed by atoms with E-state index in [1.54, 1.807) is 36.4 Å². The lowest BCUT2D eigenvalue weighted by molar-refractivity contribution is 0.118. The number of para-hydroxylation sites is 2. The molecule has 8 nitrogen and oxygen atoms in total. The number of rotatable bonds is 19. The van der Waals surface area contributed by atoms with Crippen molar-refractivity contribution in [3.8, 4) is 11.5 Å². The predicted molar refractivity (Wildman–Crippen MR) is 289 cm³/mol. The van der Waals surface area contributed by atoms with E-state index in [2.05, 4.69) is 103 Å². The summed E-state index contributed by atoms with van der Waals surface area (Å²) >= 11 is 15.4. The minimum Gasteiger partial charge on any atom is -0.490 e. The molecule has 2 saturated heterocycles. The normalized spacial score (nSPS) is 15.2. The lowest BCUT2D eigenvalue weighted by Crippen LogP contribution is -2.41. The summed E-state index contributed by atoms with van der Waals surface area (Å²) in [6, 6.07) is 41.9. The fourth-order valence-electron chi connectivity index (χ4n) is 9.01. The number of piperidine rings is 2. The second-order valence-corrected chi connectivity index (χ2v) is 19.0. The number of hydrogen-bond donors (Lipinski definition) is 1. The third-order valence-corrected chi connectivity index (χ3v) is 13.5. The van der Waals surface area contributed by atoms with Crippen LogP contribution in [0.2, 0.25) is 10.0 Å². The van der Waals surface area contributed by atoms with E-state index in [4.69, 9.17) is 37.7 Å². The van der Waals surface area contributed by atoms with Crippen LogP contribution < -0.4 is 14.8 Å². The summed E-state index contributed by atoms with van der Waals surface area (Å²) in [7, 11) is 0. The molecular weight excluding hydrogens is 1010 g/mol. The van der Waals surface area contributed by atoms with E-state index in [0.717, 1.165) is 99.1 Å². The minimum atomic E-state index is -0.312. The summed E-state index contributed by atoms with van der Waals surface area (Å²) in [5.74, 6) is 1.41. The number of benzene rings is 4. The Hall–Kier alpha value is -4.17. The van der Waals surface area contributed by atoms with Crippen LogP contribution in [0, 0.1) is 23.5 Å². The zero-order chi connectivity index (χ0) is 48.6. The number of halogens is 6. The van der Waals surface area contributed by atoms with Gasteiger partial charge in [-0.3, -0.25) is 24.7 Å². The molecule has 376 valence electrons. The van der Waals surface area contributed by atoms with Gasteiger partial charge in [0.1, 0.15) is 6.61 Å². The standard InChI is InChI=1S/C28H33ClFN3O.C20H26ClN3.C8H8BrFO.ClH/c1-2-33(28(26-8-5-6-16-31-26)23-10-12-24(29)13-11-23)21-22-14-17-32(18-15-22)19-20-34-27-9-4-3-7-25(27)30;1-2-24(15-16-10-13-22-14-11-16)20(19-5-3-4-12-23-19)17-6-8-18(21)9-7-17;9-5-6-11-8-4-2-1-3-7(8)10;/h3-13,16,22,28H,2,14-15,17-21H2,1H3;3-9,12,16,20,22H,2,10-11,13-15H2,1H3;1-4H,5-6H2;1H. The third kappa shape index (κ3) is 18.1. The molecule has 2 aromatic heterocycles. The first-order chi connectivity index (χ1) is 33.8.